The van der Waals surface area contributed by atoms with Gasteiger partial charge in [0.25, 0.3) is 5.91 Å². The van der Waals surface area contributed by atoms with E-state index >= 15 is 0 Å². The van der Waals surface area contributed by atoms with Crippen molar-refractivity contribution in [1.82, 2.24) is 5.32 Å². The maximum atomic E-state index is 12.8. The molecule has 1 N–H and O–H groups in total. The van der Waals surface area contributed by atoms with Gasteiger partial charge in [0.05, 0.1) is 12.3 Å². The lowest BCUT2D eigenvalue weighted by molar-refractivity contribution is -0.126. The fourth-order valence-corrected chi connectivity index (χ4v) is 3.37. The van der Waals surface area contributed by atoms with Gasteiger partial charge in [-0.25, -0.2) is 0 Å². The van der Waals surface area contributed by atoms with E-state index in [2.05, 4.69) is 5.32 Å². The SMILES string of the molecule is CC(=O)NC1C(=O)N(CCCOc2ccccc2C)c2c(C)cccc21. The summed E-state index contributed by atoms with van der Waals surface area (Å²) >= 11 is 0. The number of hydrogen-bond donors (Lipinski definition) is 1. The van der Waals surface area contributed by atoms with Crippen LogP contribution in [0.25, 0.3) is 0 Å². The van der Waals surface area contributed by atoms with E-state index in [1.807, 2.05) is 56.3 Å². The molecule has 0 fully saturated rings. The second kappa shape index (κ2) is 7.60. The van der Waals surface area contributed by atoms with Crippen molar-refractivity contribution in [1.29, 1.82) is 0 Å². The summed E-state index contributed by atoms with van der Waals surface area (Å²) < 4.78 is 5.83. The van der Waals surface area contributed by atoms with Crippen molar-refractivity contribution in [3.63, 3.8) is 0 Å². The van der Waals surface area contributed by atoms with E-state index in [9.17, 15) is 9.59 Å². The van der Waals surface area contributed by atoms with E-state index in [0.717, 1.165) is 28.1 Å². The first-order chi connectivity index (χ1) is 12.5. The van der Waals surface area contributed by atoms with Crippen molar-refractivity contribution in [3.05, 3.63) is 59.2 Å². The lowest BCUT2D eigenvalue weighted by atomic mass is 10.1. The normalized spacial score (nSPS) is 15.7. The quantitative estimate of drug-likeness (QED) is 0.812. The molecule has 0 aromatic heterocycles. The third kappa shape index (κ3) is 3.57. The van der Waals surface area contributed by atoms with Gasteiger partial charge in [-0.2, -0.15) is 0 Å². The Morgan fingerprint density at radius 2 is 1.85 bits per heavy atom. The Kier molecular flexibility index (Phi) is 5.26. The number of benzene rings is 2. The van der Waals surface area contributed by atoms with E-state index in [-0.39, 0.29) is 11.8 Å². The van der Waals surface area contributed by atoms with Gasteiger partial charge >= 0.3 is 0 Å². The Morgan fingerprint density at radius 3 is 2.58 bits per heavy atom. The molecule has 1 unspecified atom stereocenters. The highest BCUT2D eigenvalue weighted by Crippen LogP contribution is 2.38. The maximum Gasteiger partial charge on any atom is 0.254 e. The molecule has 2 amide bonds. The third-order valence-electron chi connectivity index (χ3n) is 4.59. The summed E-state index contributed by atoms with van der Waals surface area (Å²) in [6.45, 7) is 6.51. The fourth-order valence-electron chi connectivity index (χ4n) is 3.37. The number of amides is 2. The molecule has 0 spiro atoms. The molecular weight excluding hydrogens is 328 g/mol. The Morgan fingerprint density at radius 1 is 1.12 bits per heavy atom. The summed E-state index contributed by atoms with van der Waals surface area (Å²) in [4.78, 5) is 26.1. The number of para-hydroxylation sites is 2. The van der Waals surface area contributed by atoms with Crippen LogP contribution in [0.1, 0.15) is 36.1 Å². The number of anilines is 1. The van der Waals surface area contributed by atoms with E-state index in [1.54, 1.807) is 4.90 Å². The minimum absolute atomic E-state index is 0.0830. The van der Waals surface area contributed by atoms with Gasteiger partial charge in [0, 0.05) is 19.0 Å². The zero-order chi connectivity index (χ0) is 18.7. The molecule has 3 rings (SSSR count). The van der Waals surface area contributed by atoms with Gasteiger partial charge in [0.15, 0.2) is 0 Å². The number of rotatable bonds is 6. The smallest absolute Gasteiger partial charge is 0.254 e. The van der Waals surface area contributed by atoms with Gasteiger partial charge in [-0.15, -0.1) is 0 Å². The van der Waals surface area contributed by atoms with Crippen molar-refractivity contribution >= 4 is 17.5 Å². The lowest BCUT2D eigenvalue weighted by Gasteiger charge is -2.20. The highest BCUT2D eigenvalue weighted by Gasteiger charge is 2.38. The topological polar surface area (TPSA) is 58.6 Å². The molecule has 5 heteroatoms. The van der Waals surface area contributed by atoms with Crippen molar-refractivity contribution in [2.24, 2.45) is 0 Å². The standard InChI is InChI=1S/C21H24N2O3/c1-14-8-4-5-11-18(14)26-13-7-12-23-20-15(2)9-6-10-17(20)19(21(23)25)22-16(3)24/h4-6,8-11,19H,7,12-13H2,1-3H3,(H,22,24). The summed E-state index contributed by atoms with van der Waals surface area (Å²) in [5.74, 6) is 0.578. The molecule has 0 radical (unpaired) electrons. The van der Waals surface area contributed by atoms with Gasteiger partial charge in [-0.3, -0.25) is 9.59 Å². The van der Waals surface area contributed by atoms with Crippen LogP contribution >= 0.6 is 0 Å². The van der Waals surface area contributed by atoms with Crippen LogP contribution in [0.4, 0.5) is 5.69 Å². The largest absolute Gasteiger partial charge is 0.493 e. The fraction of sp³-hybridized carbons (Fsp3) is 0.333. The number of hydrogen-bond acceptors (Lipinski definition) is 3. The first-order valence-electron chi connectivity index (χ1n) is 8.85. The van der Waals surface area contributed by atoms with Crippen molar-refractivity contribution in [2.45, 2.75) is 33.2 Å². The first-order valence-corrected chi connectivity index (χ1v) is 8.85. The van der Waals surface area contributed by atoms with Crippen LogP contribution in [0.3, 0.4) is 0 Å². The molecule has 2 aromatic rings. The van der Waals surface area contributed by atoms with Crippen LogP contribution < -0.4 is 15.0 Å². The summed E-state index contributed by atoms with van der Waals surface area (Å²) in [6, 6.07) is 13.1. The Balaban J connectivity index is 1.69. The molecule has 5 nitrogen and oxygen atoms in total. The monoisotopic (exact) mass is 352 g/mol. The summed E-state index contributed by atoms with van der Waals surface area (Å²) in [7, 11) is 0. The number of nitrogens with one attached hydrogen (secondary N) is 1. The second-order valence-corrected chi connectivity index (χ2v) is 6.60. The zero-order valence-electron chi connectivity index (χ0n) is 15.4. The number of carbonyl (C=O) groups is 2. The van der Waals surface area contributed by atoms with Gasteiger partial charge < -0.3 is 15.0 Å². The molecule has 1 aliphatic heterocycles. The summed E-state index contributed by atoms with van der Waals surface area (Å²) in [5.41, 5.74) is 3.90. The van der Waals surface area contributed by atoms with Gasteiger partial charge in [-0.1, -0.05) is 36.4 Å². The van der Waals surface area contributed by atoms with Gasteiger partial charge in [-0.05, 0) is 37.5 Å². The molecule has 0 bridgehead atoms. The Labute approximate surface area is 154 Å². The Bertz CT molecular complexity index is 832. The van der Waals surface area contributed by atoms with Crippen LogP contribution in [-0.4, -0.2) is 25.0 Å². The van der Waals surface area contributed by atoms with Gasteiger partial charge in [0.2, 0.25) is 5.91 Å². The van der Waals surface area contributed by atoms with Gasteiger partial charge in [0.1, 0.15) is 11.8 Å². The van der Waals surface area contributed by atoms with Crippen molar-refractivity contribution < 1.29 is 14.3 Å². The van der Waals surface area contributed by atoms with Crippen LogP contribution in [0, 0.1) is 13.8 Å². The molecule has 0 saturated carbocycles. The molecule has 1 aliphatic rings. The molecule has 26 heavy (non-hydrogen) atoms. The first kappa shape index (κ1) is 18.0. The summed E-state index contributed by atoms with van der Waals surface area (Å²) in [5, 5.41) is 2.77. The minimum atomic E-state index is -0.598. The lowest BCUT2D eigenvalue weighted by Crippen LogP contribution is -2.37. The van der Waals surface area contributed by atoms with E-state index < -0.39 is 6.04 Å². The summed E-state index contributed by atoms with van der Waals surface area (Å²) in [6.07, 6.45) is 0.709. The number of fused-ring (bicyclic) bond motifs is 1. The number of nitrogens with zero attached hydrogens (tertiary/aromatic N) is 1. The zero-order valence-corrected chi connectivity index (χ0v) is 15.4. The molecule has 136 valence electrons. The van der Waals surface area contributed by atoms with E-state index in [1.165, 1.54) is 6.92 Å². The van der Waals surface area contributed by atoms with Crippen LogP contribution in [-0.2, 0) is 9.59 Å². The predicted molar refractivity (Wildman–Crippen MR) is 101 cm³/mol. The Hall–Kier alpha value is -2.82. The number of carbonyl (C=O) groups excluding carboxylic acids is 2. The van der Waals surface area contributed by atoms with Crippen LogP contribution in [0.2, 0.25) is 0 Å². The molecule has 2 aromatic carbocycles. The van der Waals surface area contributed by atoms with Crippen molar-refractivity contribution in [2.75, 3.05) is 18.1 Å². The molecule has 1 atom stereocenters. The van der Waals surface area contributed by atoms with Crippen LogP contribution in [0.5, 0.6) is 5.75 Å². The van der Waals surface area contributed by atoms with E-state index in [0.29, 0.717) is 19.6 Å². The second-order valence-electron chi connectivity index (χ2n) is 6.60. The maximum absolute atomic E-state index is 12.8. The average molecular weight is 352 g/mol. The molecular formula is C21H24N2O3. The third-order valence-corrected chi connectivity index (χ3v) is 4.59. The van der Waals surface area contributed by atoms with Crippen molar-refractivity contribution in [3.8, 4) is 5.75 Å². The molecule has 1 heterocycles. The van der Waals surface area contributed by atoms with E-state index in [4.69, 9.17) is 4.74 Å². The minimum Gasteiger partial charge on any atom is -0.493 e. The van der Waals surface area contributed by atoms with Crippen LogP contribution in [0.15, 0.2) is 42.5 Å². The predicted octanol–water partition coefficient (Wildman–Crippen LogP) is 3.30. The average Bonchev–Trinajstić information content (AvgIpc) is 2.86. The highest BCUT2D eigenvalue weighted by atomic mass is 16.5. The molecule has 0 saturated heterocycles. The number of aryl methyl sites for hydroxylation is 2. The molecule has 0 aliphatic carbocycles. The highest BCUT2D eigenvalue weighted by molar-refractivity contribution is 6.06. The number of ether oxygens (including phenoxy) is 1.